The number of carbonyl (C=O) groups excluding carboxylic acids is 2. The predicted octanol–water partition coefficient (Wildman–Crippen LogP) is 1.94. The minimum Gasteiger partial charge on any atom is -0.459 e. The van der Waals surface area contributed by atoms with Gasteiger partial charge in [0.05, 0.1) is 6.04 Å². The van der Waals surface area contributed by atoms with Crippen LogP contribution in [0.2, 0.25) is 0 Å². The van der Waals surface area contributed by atoms with Crippen molar-refractivity contribution in [1.29, 1.82) is 0 Å². The Kier molecular flexibility index (Phi) is 6.35. The maximum absolute atomic E-state index is 12.3. The normalized spacial score (nSPS) is 26.7. The maximum Gasteiger partial charge on any atom is 0.323 e. The van der Waals surface area contributed by atoms with Crippen LogP contribution in [0.25, 0.3) is 0 Å². The highest BCUT2D eigenvalue weighted by molar-refractivity contribution is 5.77. The topological polar surface area (TPSA) is 67.4 Å². The van der Waals surface area contributed by atoms with E-state index in [0.29, 0.717) is 6.42 Å². The van der Waals surface area contributed by atoms with Crippen LogP contribution >= 0.6 is 0 Å². The number of amides is 1. The zero-order valence-corrected chi connectivity index (χ0v) is 14.2. The minimum atomic E-state index is -0.511. The fourth-order valence-electron chi connectivity index (χ4n) is 2.73. The van der Waals surface area contributed by atoms with Gasteiger partial charge in [0.1, 0.15) is 11.6 Å². The molecule has 0 spiro atoms. The van der Waals surface area contributed by atoms with Gasteiger partial charge in [-0.25, -0.2) is 0 Å². The Bertz CT molecular complexity index is 451. The lowest BCUT2D eigenvalue weighted by Gasteiger charge is -2.26. The summed E-state index contributed by atoms with van der Waals surface area (Å²) in [5, 5.41) is 6.15. The largest absolute Gasteiger partial charge is 0.459 e. The van der Waals surface area contributed by atoms with E-state index in [2.05, 4.69) is 23.3 Å². The molecule has 4 atom stereocenters. The molecular weight excluding hydrogens is 280 g/mol. The molecule has 1 aliphatic rings. The second-order valence-electron chi connectivity index (χ2n) is 6.67. The highest BCUT2D eigenvalue weighted by atomic mass is 16.6. The lowest BCUT2D eigenvalue weighted by molar-refractivity contribution is -0.157. The molecule has 0 aromatic carbocycles. The van der Waals surface area contributed by atoms with Crippen molar-refractivity contribution >= 4 is 11.9 Å². The third kappa shape index (κ3) is 5.30. The quantitative estimate of drug-likeness (QED) is 0.602. The van der Waals surface area contributed by atoms with E-state index in [1.165, 1.54) is 6.92 Å². The van der Waals surface area contributed by atoms with Crippen molar-refractivity contribution in [3.8, 4) is 0 Å². The SMILES string of the molecule is C=C[C@H](NC(C)=O)C1N[C@@H](C(=O)OC(C)(C)C)C[C@H]1/C=C\C. The van der Waals surface area contributed by atoms with Crippen LogP contribution < -0.4 is 10.6 Å². The molecule has 0 aromatic heterocycles. The van der Waals surface area contributed by atoms with Crippen molar-refractivity contribution < 1.29 is 14.3 Å². The molecule has 5 nitrogen and oxygen atoms in total. The summed E-state index contributed by atoms with van der Waals surface area (Å²) in [5.41, 5.74) is -0.511. The standard InChI is InChI=1S/C17H28N2O3/c1-7-9-12-10-14(16(21)22-17(4,5)6)19-15(12)13(8-2)18-11(3)20/h7-9,12-15,19H,2,10H2,1,3-6H3,(H,18,20)/b9-7-/t12-,13+,14-,15?/m1/s1. The second kappa shape index (κ2) is 7.58. The highest BCUT2D eigenvalue weighted by Gasteiger charge is 2.41. The number of ether oxygens (including phenoxy) is 1. The predicted molar refractivity (Wildman–Crippen MR) is 87.3 cm³/mol. The third-order valence-corrected chi connectivity index (χ3v) is 3.50. The minimum absolute atomic E-state index is 0.0740. The molecule has 0 aromatic rings. The summed E-state index contributed by atoms with van der Waals surface area (Å²) in [7, 11) is 0. The molecule has 1 saturated heterocycles. The lowest BCUT2D eigenvalue weighted by Crippen LogP contribution is -2.50. The van der Waals surface area contributed by atoms with Crippen molar-refractivity contribution in [2.45, 2.75) is 64.8 Å². The van der Waals surface area contributed by atoms with Crippen LogP contribution in [0.4, 0.5) is 0 Å². The lowest BCUT2D eigenvalue weighted by atomic mass is 9.93. The average Bonchev–Trinajstić information content (AvgIpc) is 2.78. The van der Waals surface area contributed by atoms with Crippen LogP contribution in [0.3, 0.4) is 0 Å². The summed E-state index contributed by atoms with van der Waals surface area (Å²) in [4.78, 5) is 23.6. The molecule has 0 aliphatic carbocycles. The van der Waals surface area contributed by atoms with E-state index in [1.807, 2.05) is 33.8 Å². The van der Waals surface area contributed by atoms with E-state index in [9.17, 15) is 9.59 Å². The Hall–Kier alpha value is -1.62. The summed E-state index contributed by atoms with van der Waals surface area (Å²) >= 11 is 0. The van der Waals surface area contributed by atoms with Crippen LogP contribution in [0.15, 0.2) is 24.8 Å². The van der Waals surface area contributed by atoms with Crippen LogP contribution in [0.5, 0.6) is 0 Å². The van der Waals surface area contributed by atoms with Gasteiger partial charge in [-0.05, 0) is 40.0 Å². The number of rotatable bonds is 5. The van der Waals surface area contributed by atoms with Gasteiger partial charge in [0, 0.05) is 13.0 Å². The first-order valence-corrected chi connectivity index (χ1v) is 7.69. The first-order valence-electron chi connectivity index (χ1n) is 7.69. The first-order chi connectivity index (χ1) is 10.2. The number of carbonyl (C=O) groups is 2. The van der Waals surface area contributed by atoms with E-state index < -0.39 is 5.60 Å². The van der Waals surface area contributed by atoms with Crippen LogP contribution in [-0.4, -0.2) is 35.6 Å². The van der Waals surface area contributed by atoms with Crippen molar-refractivity contribution in [3.05, 3.63) is 24.8 Å². The molecule has 22 heavy (non-hydrogen) atoms. The summed E-state index contributed by atoms with van der Waals surface area (Å²) in [6.07, 6.45) is 6.37. The van der Waals surface area contributed by atoms with Crippen LogP contribution in [0.1, 0.15) is 41.0 Å². The van der Waals surface area contributed by atoms with Gasteiger partial charge in [0.2, 0.25) is 5.91 Å². The molecule has 0 radical (unpaired) electrons. The van der Waals surface area contributed by atoms with Crippen LogP contribution in [-0.2, 0) is 14.3 Å². The molecule has 0 saturated carbocycles. The molecule has 1 rings (SSSR count). The van der Waals surface area contributed by atoms with Crippen molar-refractivity contribution in [3.63, 3.8) is 0 Å². The molecule has 1 amide bonds. The molecule has 1 heterocycles. The molecule has 1 aliphatic heterocycles. The van der Waals surface area contributed by atoms with Gasteiger partial charge in [-0.3, -0.25) is 14.9 Å². The molecule has 0 bridgehead atoms. The van der Waals surface area contributed by atoms with E-state index in [-0.39, 0.29) is 35.9 Å². The first kappa shape index (κ1) is 18.4. The molecule has 1 fully saturated rings. The average molecular weight is 308 g/mol. The number of hydrogen-bond acceptors (Lipinski definition) is 4. The van der Waals surface area contributed by atoms with Gasteiger partial charge in [0.15, 0.2) is 0 Å². The molecule has 1 unspecified atom stereocenters. The van der Waals surface area contributed by atoms with Gasteiger partial charge in [-0.15, -0.1) is 6.58 Å². The summed E-state index contributed by atoms with van der Waals surface area (Å²) in [6, 6.07) is -0.678. The van der Waals surface area contributed by atoms with E-state index in [1.54, 1.807) is 6.08 Å². The van der Waals surface area contributed by atoms with Crippen molar-refractivity contribution in [1.82, 2.24) is 10.6 Å². The third-order valence-electron chi connectivity index (χ3n) is 3.50. The maximum atomic E-state index is 12.3. The van der Waals surface area contributed by atoms with Gasteiger partial charge < -0.3 is 10.1 Å². The number of hydrogen-bond donors (Lipinski definition) is 2. The zero-order valence-electron chi connectivity index (χ0n) is 14.2. The Morgan fingerprint density at radius 2 is 2.05 bits per heavy atom. The number of esters is 1. The van der Waals surface area contributed by atoms with Gasteiger partial charge in [-0.2, -0.15) is 0 Å². The van der Waals surface area contributed by atoms with Gasteiger partial charge >= 0.3 is 5.97 Å². The number of allylic oxidation sites excluding steroid dienone is 1. The van der Waals surface area contributed by atoms with Gasteiger partial charge in [0.25, 0.3) is 0 Å². The Balaban J connectivity index is 2.86. The van der Waals surface area contributed by atoms with E-state index in [4.69, 9.17) is 4.74 Å². The summed E-state index contributed by atoms with van der Waals surface area (Å²) < 4.78 is 5.45. The van der Waals surface area contributed by atoms with Crippen molar-refractivity contribution in [2.24, 2.45) is 5.92 Å². The van der Waals surface area contributed by atoms with E-state index in [0.717, 1.165) is 0 Å². The van der Waals surface area contributed by atoms with Crippen molar-refractivity contribution in [2.75, 3.05) is 0 Å². The number of nitrogens with one attached hydrogen (secondary N) is 2. The monoisotopic (exact) mass is 308 g/mol. The fourth-order valence-corrected chi connectivity index (χ4v) is 2.73. The van der Waals surface area contributed by atoms with Crippen LogP contribution in [0, 0.1) is 5.92 Å². The smallest absolute Gasteiger partial charge is 0.323 e. The Morgan fingerprint density at radius 1 is 1.41 bits per heavy atom. The van der Waals surface area contributed by atoms with Gasteiger partial charge in [-0.1, -0.05) is 18.2 Å². The summed E-state index contributed by atoms with van der Waals surface area (Å²) in [6.45, 7) is 12.8. The Labute approximate surface area is 133 Å². The fraction of sp³-hybridized carbons (Fsp3) is 0.647. The second-order valence-corrected chi connectivity index (χ2v) is 6.67. The molecular formula is C17H28N2O3. The molecule has 2 N–H and O–H groups in total. The summed E-state index contributed by atoms with van der Waals surface area (Å²) in [5.74, 6) is -0.237. The Morgan fingerprint density at radius 3 is 2.50 bits per heavy atom. The molecule has 124 valence electrons. The molecule has 5 heteroatoms. The highest BCUT2D eigenvalue weighted by Crippen LogP contribution is 2.26. The zero-order chi connectivity index (χ0) is 16.9. The van der Waals surface area contributed by atoms with E-state index >= 15 is 0 Å².